The average molecular weight is 404 g/mol. The minimum Gasteiger partial charge on any atom is -0.345 e. The number of hydrogen-bond donors (Lipinski definition) is 3. The summed E-state index contributed by atoms with van der Waals surface area (Å²) in [5, 5.41) is 29.1. The van der Waals surface area contributed by atoms with E-state index >= 15 is 0 Å². The monoisotopic (exact) mass is 404 g/mol. The molecule has 0 spiro atoms. The Morgan fingerprint density at radius 2 is 1.52 bits per heavy atom. The van der Waals surface area contributed by atoms with Gasteiger partial charge in [-0.3, -0.25) is 9.11 Å². The maximum absolute atomic E-state index is 11.5. The van der Waals surface area contributed by atoms with Crippen molar-refractivity contribution in [2.45, 2.75) is 9.79 Å². The van der Waals surface area contributed by atoms with Gasteiger partial charge < -0.3 is 5.32 Å². The zero-order valence-electron chi connectivity index (χ0n) is 13.1. The summed E-state index contributed by atoms with van der Waals surface area (Å²) < 4.78 is 64.3. The molecule has 0 aliphatic heterocycles. The van der Waals surface area contributed by atoms with Crippen LogP contribution in [0.5, 0.6) is 0 Å². The molecule has 0 saturated heterocycles. The molecule has 0 fully saturated rings. The number of rotatable bonds is 4. The van der Waals surface area contributed by atoms with E-state index in [0.717, 1.165) is 6.07 Å². The van der Waals surface area contributed by atoms with E-state index in [9.17, 15) is 25.9 Å². The number of hydrogen-bond acceptors (Lipinski definition) is 8. The number of anilines is 1. The Morgan fingerprint density at radius 1 is 0.889 bits per heavy atom. The number of nitriles is 3. The fraction of sp³-hybridized carbons (Fsp3) is 0. The van der Waals surface area contributed by atoms with Gasteiger partial charge >= 0.3 is 0 Å². The van der Waals surface area contributed by atoms with E-state index in [1.165, 1.54) is 30.3 Å². The lowest BCUT2D eigenvalue weighted by atomic mass is 10.1. The van der Waals surface area contributed by atoms with E-state index in [4.69, 9.17) is 15.8 Å². The van der Waals surface area contributed by atoms with Crippen LogP contribution in [-0.4, -0.2) is 25.9 Å². The van der Waals surface area contributed by atoms with Gasteiger partial charge in [-0.05, 0) is 29.7 Å². The molecule has 0 radical (unpaired) electrons. The lowest BCUT2D eigenvalue weighted by molar-refractivity contribution is 0.482. The summed E-state index contributed by atoms with van der Waals surface area (Å²) in [5.41, 5.74) is -0.751. The molecule has 0 aromatic heterocycles. The molecule has 0 unspecified atom stereocenters. The lowest BCUT2D eigenvalue weighted by Gasteiger charge is -2.10. The molecule has 12 heteroatoms. The van der Waals surface area contributed by atoms with Crippen LogP contribution in [-0.2, 0) is 20.2 Å². The minimum absolute atomic E-state index is 0.0181. The van der Waals surface area contributed by atoms with Crippen LogP contribution in [0.25, 0.3) is 10.8 Å². The first-order chi connectivity index (χ1) is 12.5. The molecule has 0 aliphatic rings. The molecular formula is C15H8N4O6S2. The lowest BCUT2D eigenvalue weighted by Crippen LogP contribution is -2.05. The predicted octanol–water partition coefficient (Wildman–Crippen LogP) is 1.57. The van der Waals surface area contributed by atoms with Crippen molar-refractivity contribution in [3.05, 3.63) is 41.6 Å². The first kappa shape index (κ1) is 19.8. The summed E-state index contributed by atoms with van der Waals surface area (Å²) in [5.74, 6) is 0. The standard InChI is InChI=1S/C15H8N4O6S2/c16-6-10(7-17)14(8-18)19-11-1-2-13-9(3-11)4-12(26(20,21)22)5-15(13)27(23,24)25/h1-5,19H,(H,20,21,22)(H,23,24,25). The normalized spacial score (nSPS) is 11.1. The van der Waals surface area contributed by atoms with E-state index in [1.54, 1.807) is 6.07 Å². The Kier molecular flexibility index (Phi) is 5.17. The summed E-state index contributed by atoms with van der Waals surface area (Å²) >= 11 is 0. The highest BCUT2D eigenvalue weighted by molar-refractivity contribution is 7.86. The first-order valence-corrected chi connectivity index (χ1v) is 9.63. The Morgan fingerprint density at radius 3 is 2.00 bits per heavy atom. The number of fused-ring (bicyclic) bond motifs is 1. The van der Waals surface area contributed by atoms with Gasteiger partial charge in [-0.25, -0.2) is 0 Å². The number of benzene rings is 2. The van der Waals surface area contributed by atoms with Crippen LogP contribution in [0.15, 0.2) is 51.4 Å². The second-order valence-corrected chi connectivity index (χ2v) is 7.83. The van der Waals surface area contributed by atoms with Crippen LogP contribution in [0.2, 0.25) is 0 Å². The quantitative estimate of drug-likeness (QED) is 0.497. The summed E-state index contributed by atoms with van der Waals surface area (Å²) in [6.07, 6.45) is 0. The molecule has 0 aliphatic carbocycles. The van der Waals surface area contributed by atoms with Crippen molar-refractivity contribution in [2.75, 3.05) is 5.32 Å². The summed E-state index contributed by atoms with van der Waals surface area (Å²) in [4.78, 5) is -1.52. The molecule has 27 heavy (non-hydrogen) atoms. The molecule has 0 bridgehead atoms. The average Bonchev–Trinajstić information content (AvgIpc) is 2.58. The Labute approximate surface area is 153 Å². The van der Waals surface area contributed by atoms with Gasteiger partial charge in [0.1, 0.15) is 28.8 Å². The molecule has 136 valence electrons. The van der Waals surface area contributed by atoms with Crippen molar-refractivity contribution >= 4 is 36.7 Å². The maximum atomic E-state index is 11.5. The first-order valence-electron chi connectivity index (χ1n) is 6.75. The molecule has 2 rings (SSSR count). The van der Waals surface area contributed by atoms with Crippen molar-refractivity contribution < 1.29 is 25.9 Å². The van der Waals surface area contributed by atoms with E-state index in [0.29, 0.717) is 6.07 Å². The van der Waals surface area contributed by atoms with Crippen LogP contribution in [0.1, 0.15) is 0 Å². The topological polar surface area (TPSA) is 192 Å². The maximum Gasteiger partial charge on any atom is 0.295 e. The zero-order valence-corrected chi connectivity index (χ0v) is 14.7. The van der Waals surface area contributed by atoms with E-state index in [-0.39, 0.29) is 22.2 Å². The summed E-state index contributed by atoms with van der Waals surface area (Å²) in [6.45, 7) is 0. The van der Waals surface area contributed by atoms with Crippen molar-refractivity contribution in [3.63, 3.8) is 0 Å². The van der Waals surface area contributed by atoms with Gasteiger partial charge in [-0.2, -0.15) is 32.6 Å². The largest absolute Gasteiger partial charge is 0.345 e. The van der Waals surface area contributed by atoms with Crippen LogP contribution >= 0.6 is 0 Å². The van der Waals surface area contributed by atoms with Gasteiger partial charge in [-0.15, -0.1) is 0 Å². The van der Waals surface area contributed by atoms with E-state index in [1.807, 2.05) is 0 Å². The Balaban J connectivity index is 2.78. The van der Waals surface area contributed by atoms with E-state index in [2.05, 4.69) is 5.32 Å². The van der Waals surface area contributed by atoms with Gasteiger partial charge in [0.2, 0.25) is 0 Å². The van der Waals surface area contributed by atoms with Gasteiger partial charge in [0, 0.05) is 11.1 Å². The third-order valence-electron chi connectivity index (χ3n) is 3.32. The van der Waals surface area contributed by atoms with Crippen molar-refractivity contribution in [1.29, 1.82) is 15.8 Å². The van der Waals surface area contributed by atoms with Crippen molar-refractivity contribution in [1.82, 2.24) is 0 Å². The fourth-order valence-electron chi connectivity index (χ4n) is 2.18. The minimum atomic E-state index is -4.82. The second kappa shape index (κ2) is 7.03. The molecular weight excluding hydrogens is 396 g/mol. The SMILES string of the molecule is N#CC(C#N)=C(C#N)Nc1ccc2c(S(=O)(=O)O)cc(S(=O)(=O)O)cc2c1. The zero-order chi connectivity index (χ0) is 20.4. The highest BCUT2D eigenvalue weighted by Gasteiger charge is 2.20. The Hall–Kier alpha value is -3.47. The fourth-order valence-corrected chi connectivity index (χ4v) is 3.53. The smallest absolute Gasteiger partial charge is 0.295 e. The summed E-state index contributed by atoms with van der Waals surface area (Å²) in [7, 11) is -9.60. The van der Waals surface area contributed by atoms with Crippen LogP contribution in [0, 0.1) is 34.0 Å². The Bertz CT molecular complexity index is 1310. The molecule has 0 saturated carbocycles. The molecule has 10 nitrogen and oxygen atoms in total. The van der Waals surface area contributed by atoms with E-state index < -0.39 is 35.6 Å². The van der Waals surface area contributed by atoms with Crippen molar-refractivity contribution in [2.24, 2.45) is 0 Å². The van der Waals surface area contributed by atoms with Gasteiger partial charge in [0.25, 0.3) is 20.2 Å². The van der Waals surface area contributed by atoms with Gasteiger partial charge in [0.05, 0.1) is 4.90 Å². The summed E-state index contributed by atoms with van der Waals surface area (Å²) in [6, 6.07) is 9.94. The molecule has 2 aromatic rings. The third kappa shape index (κ3) is 4.20. The third-order valence-corrected chi connectivity index (χ3v) is 5.04. The molecule has 0 heterocycles. The van der Waals surface area contributed by atoms with Gasteiger partial charge in [-0.1, -0.05) is 6.07 Å². The molecule has 0 amide bonds. The highest BCUT2D eigenvalue weighted by Crippen LogP contribution is 2.30. The molecule has 3 N–H and O–H groups in total. The molecule has 0 atom stereocenters. The highest BCUT2D eigenvalue weighted by atomic mass is 32.2. The predicted molar refractivity (Wildman–Crippen MR) is 91.1 cm³/mol. The molecule has 2 aromatic carbocycles. The number of nitrogens with zero attached hydrogens (tertiary/aromatic N) is 3. The van der Waals surface area contributed by atoms with Gasteiger partial charge in [0.15, 0.2) is 5.57 Å². The van der Waals surface area contributed by atoms with Crippen molar-refractivity contribution in [3.8, 4) is 18.2 Å². The van der Waals surface area contributed by atoms with Crippen LogP contribution < -0.4 is 5.32 Å². The second-order valence-electron chi connectivity index (χ2n) is 5.02. The van der Waals surface area contributed by atoms with Crippen LogP contribution in [0.4, 0.5) is 5.69 Å². The number of nitrogens with one attached hydrogen (secondary N) is 1. The number of allylic oxidation sites excluding steroid dienone is 2. The van der Waals surface area contributed by atoms with Crippen LogP contribution in [0.3, 0.4) is 0 Å².